The van der Waals surface area contributed by atoms with Crippen LogP contribution in [0.3, 0.4) is 0 Å². The van der Waals surface area contributed by atoms with Gasteiger partial charge in [-0.15, -0.1) is 0 Å². The van der Waals surface area contributed by atoms with Crippen LogP contribution in [0.5, 0.6) is 0 Å². The van der Waals surface area contributed by atoms with Crippen LogP contribution in [-0.4, -0.2) is 59.6 Å². The Morgan fingerprint density at radius 1 is 0.759 bits per heavy atom. The quantitative estimate of drug-likeness (QED) is 0.227. The average Bonchev–Trinajstić information content (AvgIpc) is 2.72. The topological polar surface area (TPSA) is 79.2 Å². The molecule has 1 aliphatic heterocycles. The minimum absolute atomic E-state index is 0.0448. The summed E-state index contributed by atoms with van der Waals surface area (Å²) in [5, 5.41) is 28.9. The van der Waals surface area contributed by atoms with Gasteiger partial charge in [-0.25, -0.2) is 0 Å². The molecule has 0 bridgehead atoms. The lowest BCUT2D eigenvalue weighted by Gasteiger charge is -2.35. The first-order chi connectivity index (χ1) is 14.2. The number of hydrogen-bond donors (Lipinski definition) is 3. The molecule has 29 heavy (non-hydrogen) atoms. The van der Waals surface area contributed by atoms with Gasteiger partial charge in [-0.05, 0) is 26.2 Å². The molecule has 0 radical (unpaired) electrons. The van der Waals surface area contributed by atoms with Crippen LogP contribution in [0.4, 0.5) is 0 Å². The molecule has 0 saturated carbocycles. The molecule has 0 aromatic rings. The minimum Gasteiger partial charge on any atom is -0.388 e. The van der Waals surface area contributed by atoms with E-state index in [9.17, 15) is 15.3 Å². The SMILES string of the molecule is C/C=C/CCCCCCCCCCCCCCCOC[C@@H]1OC[C@@H](O)[C@H](O)[C@H]1O. The summed E-state index contributed by atoms with van der Waals surface area (Å²) < 4.78 is 10.9. The second kappa shape index (κ2) is 18.3. The summed E-state index contributed by atoms with van der Waals surface area (Å²) >= 11 is 0. The lowest BCUT2D eigenvalue weighted by molar-refractivity contribution is -0.199. The number of aliphatic hydroxyl groups is 3. The van der Waals surface area contributed by atoms with Gasteiger partial charge in [0.2, 0.25) is 0 Å². The van der Waals surface area contributed by atoms with Gasteiger partial charge in [-0.3, -0.25) is 0 Å². The number of rotatable bonds is 18. The maximum Gasteiger partial charge on any atom is 0.111 e. The molecule has 5 heteroatoms. The lowest BCUT2D eigenvalue weighted by atomic mass is 10.0. The van der Waals surface area contributed by atoms with E-state index in [0.717, 1.165) is 6.42 Å². The molecule has 0 aliphatic carbocycles. The van der Waals surface area contributed by atoms with Crippen LogP contribution >= 0.6 is 0 Å². The second-order valence-electron chi connectivity index (χ2n) is 8.45. The van der Waals surface area contributed by atoms with E-state index in [2.05, 4.69) is 19.1 Å². The minimum atomic E-state index is -1.15. The molecule has 5 nitrogen and oxygen atoms in total. The third-order valence-electron chi connectivity index (χ3n) is 5.78. The van der Waals surface area contributed by atoms with E-state index in [1.54, 1.807) is 0 Å². The van der Waals surface area contributed by atoms with Gasteiger partial charge in [0.15, 0.2) is 0 Å². The molecule has 0 aromatic carbocycles. The fourth-order valence-corrected chi connectivity index (χ4v) is 3.79. The van der Waals surface area contributed by atoms with Crippen molar-refractivity contribution in [2.45, 2.75) is 121 Å². The van der Waals surface area contributed by atoms with Crippen LogP contribution < -0.4 is 0 Å². The monoisotopic (exact) mass is 414 g/mol. The summed E-state index contributed by atoms with van der Waals surface area (Å²) in [5.41, 5.74) is 0. The van der Waals surface area contributed by atoms with Gasteiger partial charge in [0.05, 0.1) is 13.2 Å². The van der Waals surface area contributed by atoms with Crippen molar-refractivity contribution in [3.63, 3.8) is 0 Å². The molecule has 4 atom stereocenters. The van der Waals surface area contributed by atoms with E-state index in [1.807, 2.05) is 0 Å². The van der Waals surface area contributed by atoms with Gasteiger partial charge in [-0.1, -0.05) is 82.8 Å². The van der Waals surface area contributed by atoms with Crippen molar-refractivity contribution in [1.82, 2.24) is 0 Å². The maximum atomic E-state index is 9.83. The molecule has 0 spiro atoms. The Labute approximate surface area is 178 Å². The Morgan fingerprint density at radius 2 is 1.28 bits per heavy atom. The highest BCUT2D eigenvalue weighted by Crippen LogP contribution is 2.16. The smallest absolute Gasteiger partial charge is 0.111 e. The summed E-state index contributed by atoms with van der Waals surface area (Å²) in [5.74, 6) is 0. The number of allylic oxidation sites excluding steroid dienone is 2. The first-order valence-corrected chi connectivity index (χ1v) is 12.0. The third-order valence-corrected chi connectivity index (χ3v) is 5.78. The fraction of sp³-hybridized carbons (Fsp3) is 0.917. The molecule has 172 valence electrons. The van der Waals surface area contributed by atoms with Crippen LogP contribution in [-0.2, 0) is 9.47 Å². The van der Waals surface area contributed by atoms with Gasteiger partial charge in [-0.2, -0.15) is 0 Å². The van der Waals surface area contributed by atoms with E-state index in [-0.39, 0.29) is 13.2 Å². The van der Waals surface area contributed by atoms with Crippen LogP contribution in [0.1, 0.15) is 96.8 Å². The normalized spacial score (nSPS) is 25.1. The highest BCUT2D eigenvalue weighted by atomic mass is 16.6. The van der Waals surface area contributed by atoms with E-state index in [0.29, 0.717) is 6.61 Å². The van der Waals surface area contributed by atoms with E-state index in [1.165, 1.54) is 83.5 Å². The highest BCUT2D eigenvalue weighted by molar-refractivity contribution is 4.86. The molecule has 0 unspecified atom stereocenters. The van der Waals surface area contributed by atoms with Crippen LogP contribution in [0.25, 0.3) is 0 Å². The zero-order chi connectivity index (χ0) is 21.2. The van der Waals surface area contributed by atoms with Crippen LogP contribution in [0, 0.1) is 0 Å². The average molecular weight is 415 g/mol. The molecular formula is C24H46O5. The molecule has 0 amide bonds. The predicted octanol–water partition coefficient (Wildman–Crippen LogP) is 4.52. The standard InChI is InChI=1S/C24H46O5/c1-2-3-4-5-6-7-8-9-10-11-12-13-14-15-16-17-18-28-20-22-24(27)23(26)21(25)19-29-22/h2-3,21-27H,4-20H2,1H3/b3-2+/t21-,22+,23+,24+/m1/s1. The first kappa shape index (κ1) is 26.6. The Hall–Kier alpha value is -0.460. The summed E-state index contributed by atoms with van der Waals surface area (Å²) in [6.07, 6.45) is 19.0. The largest absolute Gasteiger partial charge is 0.388 e. The van der Waals surface area contributed by atoms with Crippen molar-refractivity contribution < 1.29 is 24.8 Å². The second-order valence-corrected chi connectivity index (χ2v) is 8.45. The molecular weight excluding hydrogens is 368 g/mol. The van der Waals surface area contributed by atoms with E-state index >= 15 is 0 Å². The maximum absolute atomic E-state index is 9.83. The van der Waals surface area contributed by atoms with Gasteiger partial charge < -0.3 is 24.8 Å². The van der Waals surface area contributed by atoms with Crippen LogP contribution in [0.2, 0.25) is 0 Å². The van der Waals surface area contributed by atoms with Crippen molar-refractivity contribution in [2.24, 2.45) is 0 Å². The van der Waals surface area contributed by atoms with Crippen molar-refractivity contribution in [3.05, 3.63) is 12.2 Å². The summed E-state index contributed by atoms with van der Waals surface area (Å²) in [4.78, 5) is 0. The Kier molecular flexibility index (Phi) is 16.8. The number of ether oxygens (including phenoxy) is 2. The molecule has 1 fully saturated rings. The van der Waals surface area contributed by atoms with Crippen molar-refractivity contribution in [2.75, 3.05) is 19.8 Å². The van der Waals surface area contributed by atoms with Gasteiger partial charge in [0, 0.05) is 6.61 Å². The Morgan fingerprint density at radius 3 is 1.83 bits per heavy atom. The van der Waals surface area contributed by atoms with Gasteiger partial charge in [0.1, 0.15) is 24.4 Å². The molecule has 3 N–H and O–H groups in total. The Balaban J connectivity index is 1.76. The molecule has 1 saturated heterocycles. The summed E-state index contributed by atoms with van der Waals surface area (Å²) in [6.45, 7) is 3.06. The highest BCUT2D eigenvalue weighted by Gasteiger charge is 2.37. The molecule has 1 heterocycles. The third kappa shape index (κ3) is 13.5. The van der Waals surface area contributed by atoms with E-state index < -0.39 is 24.4 Å². The Bertz CT molecular complexity index is 387. The zero-order valence-corrected chi connectivity index (χ0v) is 18.6. The summed E-state index contributed by atoms with van der Waals surface area (Å²) in [7, 11) is 0. The molecule has 1 rings (SSSR count). The first-order valence-electron chi connectivity index (χ1n) is 12.0. The zero-order valence-electron chi connectivity index (χ0n) is 18.6. The lowest BCUT2D eigenvalue weighted by Crippen LogP contribution is -2.54. The predicted molar refractivity (Wildman–Crippen MR) is 118 cm³/mol. The van der Waals surface area contributed by atoms with Gasteiger partial charge in [0.25, 0.3) is 0 Å². The molecule has 1 aliphatic rings. The van der Waals surface area contributed by atoms with Crippen molar-refractivity contribution in [3.8, 4) is 0 Å². The van der Waals surface area contributed by atoms with Gasteiger partial charge >= 0.3 is 0 Å². The number of hydrogen-bond acceptors (Lipinski definition) is 5. The number of unbranched alkanes of at least 4 members (excludes halogenated alkanes) is 13. The van der Waals surface area contributed by atoms with E-state index in [4.69, 9.17) is 9.47 Å². The van der Waals surface area contributed by atoms with Crippen LogP contribution in [0.15, 0.2) is 12.2 Å². The van der Waals surface area contributed by atoms with Crippen molar-refractivity contribution in [1.29, 1.82) is 0 Å². The summed E-state index contributed by atoms with van der Waals surface area (Å²) in [6, 6.07) is 0. The fourth-order valence-electron chi connectivity index (χ4n) is 3.79. The number of aliphatic hydroxyl groups excluding tert-OH is 3. The molecule has 0 aromatic heterocycles. The van der Waals surface area contributed by atoms with Crippen molar-refractivity contribution >= 4 is 0 Å².